The van der Waals surface area contributed by atoms with Gasteiger partial charge in [0.1, 0.15) is 17.1 Å². The third-order valence-electron chi connectivity index (χ3n) is 8.06. The van der Waals surface area contributed by atoms with Gasteiger partial charge >= 0.3 is 0 Å². The number of carbonyl (C=O) groups excluding carboxylic acids is 1. The molecule has 1 aliphatic heterocycles. The van der Waals surface area contributed by atoms with Crippen LogP contribution in [-0.4, -0.2) is 51.1 Å². The minimum atomic E-state index is -0.261. The molecule has 1 aromatic carbocycles. The Morgan fingerprint density at radius 3 is 2.78 bits per heavy atom. The Hall–Kier alpha value is -3.40. The summed E-state index contributed by atoms with van der Waals surface area (Å²) < 4.78 is 7.24. The highest BCUT2D eigenvalue weighted by Crippen LogP contribution is 2.49. The summed E-state index contributed by atoms with van der Waals surface area (Å²) in [7, 11) is 3.39. The molecule has 2 fully saturated rings. The second-order valence-corrected chi connectivity index (χ2v) is 10.2. The van der Waals surface area contributed by atoms with Gasteiger partial charge in [-0.05, 0) is 62.1 Å². The molecule has 0 radical (unpaired) electrons. The Morgan fingerprint density at radius 2 is 2.08 bits per heavy atom. The first-order valence-electron chi connectivity index (χ1n) is 12.7. The van der Waals surface area contributed by atoms with Gasteiger partial charge in [0, 0.05) is 31.7 Å². The predicted molar refractivity (Wildman–Crippen MR) is 136 cm³/mol. The highest BCUT2D eigenvalue weighted by molar-refractivity contribution is 5.80. The number of aryl methyl sites for hydroxylation is 2. The van der Waals surface area contributed by atoms with Gasteiger partial charge in [0.05, 0.1) is 18.4 Å². The lowest BCUT2D eigenvalue weighted by Crippen LogP contribution is -2.39. The Kier molecular flexibility index (Phi) is 6.46. The fourth-order valence-corrected chi connectivity index (χ4v) is 6.07. The molecule has 1 saturated heterocycles. The van der Waals surface area contributed by atoms with E-state index in [0.717, 1.165) is 75.0 Å². The van der Waals surface area contributed by atoms with Crippen LogP contribution in [0.4, 0.5) is 5.69 Å². The first-order valence-corrected chi connectivity index (χ1v) is 12.7. The maximum Gasteiger partial charge on any atom is 0.277 e. The number of anilines is 1. The molecule has 5 rings (SSSR count). The molecule has 2 aliphatic rings. The first-order chi connectivity index (χ1) is 17.4. The van der Waals surface area contributed by atoms with Gasteiger partial charge in [0.15, 0.2) is 5.52 Å². The fraction of sp³-hybridized carbons (Fsp3) is 0.538. The van der Waals surface area contributed by atoms with Gasteiger partial charge in [0.2, 0.25) is 5.91 Å². The van der Waals surface area contributed by atoms with Gasteiger partial charge in [0.25, 0.3) is 5.56 Å². The van der Waals surface area contributed by atoms with Crippen LogP contribution in [0.1, 0.15) is 51.1 Å². The molecule has 36 heavy (non-hydrogen) atoms. The normalized spacial score (nSPS) is 19.2. The number of hydrogen-bond donors (Lipinski definition) is 3. The summed E-state index contributed by atoms with van der Waals surface area (Å²) in [5, 5.41) is 13.5. The van der Waals surface area contributed by atoms with E-state index in [2.05, 4.69) is 21.9 Å². The van der Waals surface area contributed by atoms with Crippen molar-refractivity contribution in [2.45, 2.75) is 51.9 Å². The molecule has 1 aliphatic carbocycles. The van der Waals surface area contributed by atoms with Gasteiger partial charge in [-0.1, -0.05) is 13.3 Å². The molecule has 1 amide bonds. The van der Waals surface area contributed by atoms with Crippen LogP contribution in [0, 0.1) is 11.3 Å². The molecule has 10 nitrogen and oxygen atoms in total. The molecule has 1 spiro atoms. The van der Waals surface area contributed by atoms with Crippen molar-refractivity contribution >= 4 is 22.6 Å². The summed E-state index contributed by atoms with van der Waals surface area (Å²) in [6.07, 6.45) is 6.34. The summed E-state index contributed by atoms with van der Waals surface area (Å²) in [6, 6.07) is 6.00. The van der Waals surface area contributed by atoms with E-state index < -0.39 is 0 Å². The molecule has 1 saturated carbocycles. The molecule has 3 aromatic rings. The van der Waals surface area contributed by atoms with E-state index in [1.165, 1.54) is 0 Å². The zero-order valence-corrected chi connectivity index (χ0v) is 21.1. The average molecular weight is 495 g/mol. The van der Waals surface area contributed by atoms with Crippen molar-refractivity contribution in [1.29, 1.82) is 0 Å². The van der Waals surface area contributed by atoms with E-state index >= 15 is 0 Å². The Labute approximate surface area is 209 Å². The van der Waals surface area contributed by atoms with Crippen LogP contribution < -0.4 is 20.7 Å². The van der Waals surface area contributed by atoms with E-state index in [1.807, 2.05) is 23.7 Å². The van der Waals surface area contributed by atoms with Crippen molar-refractivity contribution in [1.82, 2.24) is 25.2 Å². The quantitative estimate of drug-likeness (QED) is 0.355. The lowest BCUT2D eigenvalue weighted by Gasteiger charge is -2.40. The van der Waals surface area contributed by atoms with E-state index in [0.29, 0.717) is 22.6 Å². The number of methoxy groups -OCH3 is 1. The molecular weight excluding hydrogens is 460 g/mol. The number of rotatable bonds is 6. The highest BCUT2D eigenvalue weighted by atomic mass is 16.5. The predicted octanol–water partition coefficient (Wildman–Crippen LogP) is 3.18. The van der Waals surface area contributed by atoms with Gasteiger partial charge < -0.3 is 14.6 Å². The minimum absolute atomic E-state index is 0.1000. The maximum atomic E-state index is 13.0. The highest BCUT2D eigenvalue weighted by Gasteiger charge is 2.43. The van der Waals surface area contributed by atoms with Crippen LogP contribution in [0.2, 0.25) is 0 Å². The molecule has 1 unspecified atom stereocenters. The number of H-pyrrole nitrogens is 1. The van der Waals surface area contributed by atoms with Crippen LogP contribution >= 0.6 is 0 Å². The van der Waals surface area contributed by atoms with Gasteiger partial charge in [-0.2, -0.15) is 5.10 Å². The SMILES string of the molecule is CCCc1nn(C)c2c(=O)[nH]c(-c3cc(N4CCC5(CCC(C(=O)NO)C5)CC4)ccc3OC)nc12. The Morgan fingerprint density at radius 1 is 1.31 bits per heavy atom. The molecule has 3 N–H and O–H groups in total. The lowest BCUT2D eigenvalue weighted by atomic mass is 9.76. The number of hydroxylamine groups is 1. The number of benzene rings is 1. The smallest absolute Gasteiger partial charge is 0.277 e. The number of hydrogen-bond acceptors (Lipinski definition) is 7. The van der Waals surface area contributed by atoms with Gasteiger partial charge in [-0.15, -0.1) is 0 Å². The van der Waals surface area contributed by atoms with Crippen LogP contribution in [-0.2, 0) is 18.3 Å². The van der Waals surface area contributed by atoms with E-state index in [-0.39, 0.29) is 22.8 Å². The number of nitrogens with zero attached hydrogens (tertiary/aromatic N) is 4. The second kappa shape index (κ2) is 9.57. The maximum absolute atomic E-state index is 13.0. The summed E-state index contributed by atoms with van der Waals surface area (Å²) in [4.78, 5) is 35.0. The lowest BCUT2D eigenvalue weighted by molar-refractivity contribution is -0.133. The van der Waals surface area contributed by atoms with Gasteiger partial charge in [-0.3, -0.25) is 19.5 Å². The number of aromatic nitrogens is 4. The number of fused-ring (bicyclic) bond motifs is 1. The first kappa shape index (κ1) is 24.3. The summed E-state index contributed by atoms with van der Waals surface area (Å²) in [5.74, 6) is 0.753. The number of carbonyl (C=O) groups is 1. The van der Waals surface area contributed by atoms with Gasteiger partial charge in [-0.25, -0.2) is 10.5 Å². The largest absolute Gasteiger partial charge is 0.496 e. The van der Waals surface area contributed by atoms with Crippen LogP contribution in [0.3, 0.4) is 0 Å². The van der Waals surface area contributed by atoms with E-state index in [1.54, 1.807) is 18.8 Å². The van der Waals surface area contributed by atoms with E-state index in [9.17, 15) is 9.59 Å². The number of ether oxygens (including phenoxy) is 1. The van der Waals surface area contributed by atoms with Crippen LogP contribution in [0.5, 0.6) is 5.75 Å². The Bertz CT molecular complexity index is 1340. The zero-order chi connectivity index (χ0) is 25.4. The van der Waals surface area contributed by atoms with Crippen molar-refractivity contribution in [3.05, 3.63) is 34.2 Å². The van der Waals surface area contributed by atoms with Crippen LogP contribution in [0.15, 0.2) is 23.0 Å². The molecule has 192 valence electrons. The third-order valence-corrected chi connectivity index (χ3v) is 8.06. The fourth-order valence-electron chi connectivity index (χ4n) is 6.07. The molecular formula is C26H34N6O4. The zero-order valence-electron chi connectivity index (χ0n) is 21.1. The summed E-state index contributed by atoms with van der Waals surface area (Å²) in [5.41, 5.74) is 5.48. The molecule has 10 heteroatoms. The monoisotopic (exact) mass is 494 g/mol. The molecule has 1 atom stereocenters. The number of nitrogens with one attached hydrogen (secondary N) is 2. The Balaban J connectivity index is 1.43. The molecule has 2 aromatic heterocycles. The number of piperidine rings is 1. The van der Waals surface area contributed by atoms with Crippen molar-refractivity contribution in [3.63, 3.8) is 0 Å². The molecule has 3 heterocycles. The molecule has 0 bridgehead atoms. The third kappa shape index (κ3) is 4.23. The second-order valence-electron chi connectivity index (χ2n) is 10.2. The van der Waals surface area contributed by atoms with Crippen LogP contribution in [0.25, 0.3) is 22.4 Å². The number of aromatic amines is 1. The van der Waals surface area contributed by atoms with Crippen molar-refractivity contribution in [2.75, 3.05) is 25.1 Å². The van der Waals surface area contributed by atoms with Crippen molar-refractivity contribution in [3.8, 4) is 17.1 Å². The van der Waals surface area contributed by atoms with E-state index in [4.69, 9.17) is 14.9 Å². The standard InChI is InChI=1S/C26H34N6O4/c1-4-5-19-21-22(31(2)29-19)25(34)28-23(27-21)18-14-17(6-7-20(18)36-3)32-12-10-26(11-13-32)9-8-16(15-26)24(33)30-35/h6-7,14,16,35H,4-5,8-13,15H2,1-3H3,(H,30,33)(H,27,28,34). The van der Waals surface area contributed by atoms with Crippen molar-refractivity contribution < 1.29 is 14.7 Å². The van der Waals surface area contributed by atoms with Crippen molar-refractivity contribution in [2.24, 2.45) is 18.4 Å². The minimum Gasteiger partial charge on any atom is -0.496 e. The topological polar surface area (TPSA) is 125 Å². The summed E-state index contributed by atoms with van der Waals surface area (Å²) in [6.45, 7) is 3.84. The average Bonchev–Trinajstić information content (AvgIpc) is 3.45. The number of amides is 1. The summed E-state index contributed by atoms with van der Waals surface area (Å²) >= 11 is 0.